The summed E-state index contributed by atoms with van der Waals surface area (Å²) >= 11 is 0. The first-order valence-corrected chi connectivity index (χ1v) is 6.73. The first kappa shape index (κ1) is 15.9. The second kappa shape index (κ2) is 5.06. The maximum Gasteiger partial charge on any atom is 0.320 e. The van der Waals surface area contributed by atoms with Crippen LogP contribution in [0.5, 0.6) is 0 Å². The molecule has 1 fully saturated rings. The van der Waals surface area contributed by atoms with Crippen molar-refractivity contribution in [1.82, 2.24) is 4.90 Å². The molecule has 7 heteroatoms. The van der Waals surface area contributed by atoms with Crippen LogP contribution >= 0.6 is 0 Å². The molecule has 0 bridgehead atoms. The molecule has 0 aromatic rings. The first-order chi connectivity index (χ1) is 9.52. The van der Waals surface area contributed by atoms with Crippen molar-refractivity contribution < 1.29 is 18.6 Å². The quantitative estimate of drug-likeness (QED) is 0.816. The lowest BCUT2D eigenvalue weighted by Gasteiger charge is -2.32. The van der Waals surface area contributed by atoms with Gasteiger partial charge in [0.25, 0.3) is 0 Å². The molecule has 2 aliphatic rings. The number of hydrogen-bond donors (Lipinski definition) is 2. The fourth-order valence-corrected chi connectivity index (χ4v) is 2.44. The predicted molar refractivity (Wildman–Crippen MR) is 75.4 cm³/mol. The third-order valence-electron chi connectivity index (χ3n) is 3.41. The molecule has 2 aliphatic heterocycles. The Balaban J connectivity index is 2.21. The van der Waals surface area contributed by atoms with E-state index < -0.39 is 24.4 Å². The molecule has 3 N–H and O–H groups in total. The van der Waals surface area contributed by atoms with Crippen LogP contribution in [0.4, 0.5) is 8.78 Å². The number of alkyl halides is 2. The first-order valence-electron chi connectivity index (χ1n) is 6.73. The molecule has 2 rings (SSSR count). The van der Waals surface area contributed by atoms with Crippen LogP contribution < -0.4 is 5.73 Å². The van der Waals surface area contributed by atoms with Crippen molar-refractivity contribution in [3.63, 3.8) is 0 Å². The number of aliphatic imine (C=N–C) groups is 1. The van der Waals surface area contributed by atoms with Crippen molar-refractivity contribution in [2.75, 3.05) is 0 Å². The zero-order chi connectivity index (χ0) is 16.0. The molecule has 0 unspecified atom stereocenters. The van der Waals surface area contributed by atoms with Gasteiger partial charge in [0.05, 0.1) is 6.10 Å². The van der Waals surface area contributed by atoms with Gasteiger partial charge in [-0.25, -0.2) is 4.99 Å². The molecule has 118 valence electrons. The summed E-state index contributed by atoms with van der Waals surface area (Å²) in [4.78, 5) is 4.94. The zero-order valence-electron chi connectivity index (χ0n) is 12.4. The summed E-state index contributed by atoms with van der Waals surface area (Å²) in [6.45, 7) is 9.30. The molecule has 3 atom stereocenters. The van der Waals surface area contributed by atoms with Crippen LogP contribution in [-0.4, -0.2) is 40.2 Å². The zero-order valence-corrected chi connectivity index (χ0v) is 12.4. The van der Waals surface area contributed by atoms with Crippen LogP contribution in [0.2, 0.25) is 0 Å². The molecule has 0 radical (unpaired) electrons. The van der Waals surface area contributed by atoms with E-state index in [4.69, 9.17) is 10.5 Å². The number of aliphatic hydroxyl groups is 1. The third-order valence-corrected chi connectivity index (χ3v) is 3.41. The maximum atomic E-state index is 14.3. The Kier molecular flexibility index (Phi) is 3.84. The van der Waals surface area contributed by atoms with E-state index in [2.05, 4.69) is 11.6 Å². The Morgan fingerprint density at radius 3 is 2.67 bits per heavy atom. The second-order valence-electron chi connectivity index (χ2n) is 6.59. The van der Waals surface area contributed by atoms with E-state index in [1.54, 1.807) is 0 Å². The highest BCUT2D eigenvalue weighted by atomic mass is 19.3. The number of hydrogen-bond acceptors (Lipinski definition) is 5. The highest BCUT2D eigenvalue weighted by molar-refractivity contribution is 5.92. The molecule has 2 heterocycles. The lowest BCUT2D eigenvalue weighted by molar-refractivity contribution is -0.148. The minimum Gasteiger partial charge on any atom is -0.384 e. The van der Waals surface area contributed by atoms with Crippen molar-refractivity contribution in [2.24, 2.45) is 16.1 Å². The number of halogens is 2. The number of nitrogens with two attached hydrogens (primary N) is 1. The van der Waals surface area contributed by atoms with Crippen LogP contribution in [0.25, 0.3) is 0 Å². The number of aliphatic hydroxyl groups excluding tert-OH is 1. The molecule has 0 aromatic heterocycles. The van der Waals surface area contributed by atoms with E-state index in [0.29, 0.717) is 6.42 Å². The Bertz CT molecular complexity index is 497. The van der Waals surface area contributed by atoms with Crippen LogP contribution in [0, 0.1) is 5.41 Å². The van der Waals surface area contributed by atoms with E-state index in [9.17, 15) is 13.9 Å². The van der Waals surface area contributed by atoms with Gasteiger partial charge in [0.2, 0.25) is 6.23 Å². The molecule has 1 saturated heterocycles. The van der Waals surface area contributed by atoms with Gasteiger partial charge in [0, 0.05) is 6.20 Å². The number of rotatable bonds is 2. The monoisotopic (exact) mass is 301 g/mol. The Morgan fingerprint density at radius 2 is 2.14 bits per heavy atom. The summed E-state index contributed by atoms with van der Waals surface area (Å²) in [7, 11) is 0. The molecule has 0 aliphatic carbocycles. The average molecular weight is 301 g/mol. The molecule has 0 aromatic carbocycles. The highest BCUT2D eigenvalue weighted by Crippen LogP contribution is 2.43. The molecular formula is C14H21F2N3O2. The van der Waals surface area contributed by atoms with Crippen molar-refractivity contribution >= 4 is 5.84 Å². The maximum absolute atomic E-state index is 14.3. The Morgan fingerprint density at radius 1 is 1.52 bits per heavy atom. The van der Waals surface area contributed by atoms with Gasteiger partial charge in [0.1, 0.15) is 17.8 Å². The minimum absolute atomic E-state index is 0.0586. The van der Waals surface area contributed by atoms with Crippen molar-refractivity contribution in [3.05, 3.63) is 24.7 Å². The highest BCUT2D eigenvalue weighted by Gasteiger charge is 2.61. The Hall–Kier alpha value is -1.47. The predicted octanol–water partition coefficient (Wildman–Crippen LogP) is 1.80. The van der Waals surface area contributed by atoms with Crippen LogP contribution in [0.1, 0.15) is 27.2 Å². The van der Waals surface area contributed by atoms with Crippen LogP contribution in [-0.2, 0) is 4.74 Å². The fourth-order valence-electron chi connectivity index (χ4n) is 2.44. The van der Waals surface area contributed by atoms with Gasteiger partial charge < -0.3 is 20.5 Å². The second-order valence-corrected chi connectivity index (χ2v) is 6.59. The molecule has 0 spiro atoms. The number of amidine groups is 1. The number of ether oxygens (including phenoxy) is 1. The van der Waals surface area contributed by atoms with Crippen molar-refractivity contribution in [1.29, 1.82) is 0 Å². The SMILES string of the molecule is C=C1N=C(N)C=CN1[C@@H]1O[C@H](CC(C)(C)C)[C@H](O)C1(F)F. The molecular weight excluding hydrogens is 280 g/mol. The summed E-state index contributed by atoms with van der Waals surface area (Å²) in [6.07, 6.45) is -1.41. The summed E-state index contributed by atoms with van der Waals surface area (Å²) < 4.78 is 34.0. The van der Waals surface area contributed by atoms with Gasteiger partial charge in [-0.1, -0.05) is 27.4 Å². The van der Waals surface area contributed by atoms with Crippen molar-refractivity contribution in [2.45, 2.75) is 51.6 Å². The fraction of sp³-hybridized carbons (Fsp3) is 0.643. The van der Waals surface area contributed by atoms with Gasteiger partial charge in [0.15, 0.2) is 0 Å². The molecule has 5 nitrogen and oxygen atoms in total. The smallest absolute Gasteiger partial charge is 0.320 e. The lowest BCUT2D eigenvalue weighted by atomic mass is 9.87. The topological polar surface area (TPSA) is 71.1 Å². The minimum atomic E-state index is -3.43. The van der Waals surface area contributed by atoms with Gasteiger partial charge in [-0.05, 0) is 17.9 Å². The van der Waals surface area contributed by atoms with E-state index in [1.807, 2.05) is 20.8 Å². The van der Waals surface area contributed by atoms with Crippen LogP contribution in [0.3, 0.4) is 0 Å². The summed E-state index contributed by atoms with van der Waals surface area (Å²) in [5.41, 5.74) is 5.25. The van der Waals surface area contributed by atoms with Gasteiger partial charge in [-0.15, -0.1) is 0 Å². The van der Waals surface area contributed by atoms with Crippen LogP contribution in [0.15, 0.2) is 29.7 Å². The largest absolute Gasteiger partial charge is 0.384 e. The normalized spacial score (nSPS) is 32.5. The number of nitrogens with zero attached hydrogens (tertiary/aromatic N) is 2. The molecule has 21 heavy (non-hydrogen) atoms. The average Bonchev–Trinajstić information content (AvgIpc) is 2.51. The standard InChI is InChI=1S/C14H21F2N3O2/c1-8-18-10(17)5-6-19(8)12-14(15,16)11(20)9(21-12)7-13(2,3)4/h5-6,9,11-12,20H,1,7H2,2-4H3,(H2,17,18)/t9-,11+,12-/m1/s1. The van der Waals surface area contributed by atoms with E-state index in [1.165, 1.54) is 12.3 Å². The van der Waals surface area contributed by atoms with Gasteiger partial charge >= 0.3 is 5.92 Å². The summed E-state index contributed by atoms with van der Waals surface area (Å²) in [5.74, 6) is -3.18. The third kappa shape index (κ3) is 3.08. The van der Waals surface area contributed by atoms with E-state index >= 15 is 0 Å². The van der Waals surface area contributed by atoms with Gasteiger partial charge in [-0.3, -0.25) is 0 Å². The van der Waals surface area contributed by atoms with Gasteiger partial charge in [-0.2, -0.15) is 8.78 Å². The van der Waals surface area contributed by atoms with E-state index in [-0.39, 0.29) is 17.1 Å². The molecule has 0 saturated carbocycles. The lowest BCUT2D eigenvalue weighted by Crippen LogP contribution is -2.47. The van der Waals surface area contributed by atoms with E-state index in [0.717, 1.165) is 4.90 Å². The summed E-state index contributed by atoms with van der Waals surface area (Å²) in [5, 5.41) is 9.90. The summed E-state index contributed by atoms with van der Waals surface area (Å²) in [6, 6.07) is 0. The van der Waals surface area contributed by atoms with Crippen molar-refractivity contribution in [3.8, 4) is 0 Å². The molecule has 0 amide bonds. The Labute approximate surface area is 122 Å².